The third-order valence-corrected chi connectivity index (χ3v) is 2.23. The molecule has 1 N–H and O–H groups in total. The van der Waals surface area contributed by atoms with E-state index in [1.807, 2.05) is 0 Å². The molecule has 0 aliphatic rings. The number of alkyl halides is 5. The molecule has 0 aromatic carbocycles. The SMILES string of the molecule is CCOC(=O)Cc1cc(O)c(C(F)F)nc1C(F)(F)F. The van der Waals surface area contributed by atoms with Crippen LogP contribution >= 0.6 is 0 Å². The third kappa shape index (κ3) is 3.78. The molecule has 0 unspecified atom stereocenters. The van der Waals surface area contributed by atoms with Crippen molar-refractivity contribution < 1.29 is 36.6 Å². The molecule has 4 nitrogen and oxygen atoms in total. The summed E-state index contributed by atoms with van der Waals surface area (Å²) < 4.78 is 67.5. The maximum atomic E-state index is 12.7. The highest BCUT2D eigenvalue weighted by Gasteiger charge is 2.37. The average Bonchev–Trinajstić information content (AvgIpc) is 2.26. The van der Waals surface area contributed by atoms with E-state index in [9.17, 15) is 31.9 Å². The normalized spacial score (nSPS) is 11.8. The lowest BCUT2D eigenvalue weighted by Gasteiger charge is -2.14. The molecule has 1 rings (SSSR count). The monoisotopic (exact) mass is 299 g/mol. The van der Waals surface area contributed by atoms with Crippen molar-refractivity contribution in [2.75, 3.05) is 6.61 Å². The minimum atomic E-state index is -5.03. The molecular formula is C11H10F5NO3. The highest BCUT2D eigenvalue weighted by molar-refractivity contribution is 5.73. The van der Waals surface area contributed by atoms with Crippen LogP contribution in [0.25, 0.3) is 0 Å². The molecule has 0 atom stereocenters. The van der Waals surface area contributed by atoms with Crippen LogP contribution in [-0.2, 0) is 22.1 Å². The first kappa shape index (κ1) is 16.1. The summed E-state index contributed by atoms with van der Waals surface area (Å²) in [4.78, 5) is 13.9. The number of carbonyl (C=O) groups excluding carboxylic acids is 1. The summed E-state index contributed by atoms with van der Waals surface area (Å²) in [5.74, 6) is -2.09. The number of halogens is 5. The Morgan fingerprint density at radius 3 is 2.50 bits per heavy atom. The van der Waals surface area contributed by atoms with Crippen molar-refractivity contribution in [1.82, 2.24) is 4.98 Å². The summed E-state index contributed by atoms with van der Waals surface area (Å²) in [6, 6.07) is 0.453. The van der Waals surface area contributed by atoms with E-state index in [4.69, 9.17) is 0 Å². The Labute approximate surface area is 110 Å². The number of rotatable bonds is 4. The molecule has 0 aliphatic carbocycles. The topological polar surface area (TPSA) is 59.4 Å². The molecule has 0 aliphatic heterocycles. The molecular weight excluding hydrogens is 289 g/mol. The van der Waals surface area contributed by atoms with E-state index in [2.05, 4.69) is 9.72 Å². The maximum Gasteiger partial charge on any atom is 0.433 e. The van der Waals surface area contributed by atoms with Crippen LogP contribution in [0, 0.1) is 0 Å². The van der Waals surface area contributed by atoms with Crippen LogP contribution in [0.3, 0.4) is 0 Å². The lowest BCUT2D eigenvalue weighted by atomic mass is 10.1. The van der Waals surface area contributed by atoms with Crippen molar-refractivity contribution in [2.24, 2.45) is 0 Å². The second-order valence-electron chi connectivity index (χ2n) is 3.68. The molecule has 0 saturated heterocycles. The van der Waals surface area contributed by atoms with Gasteiger partial charge in [0.05, 0.1) is 13.0 Å². The number of hydrogen-bond acceptors (Lipinski definition) is 4. The minimum Gasteiger partial charge on any atom is -0.506 e. The van der Waals surface area contributed by atoms with Gasteiger partial charge in [-0.05, 0) is 18.6 Å². The minimum absolute atomic E-state index is 0.0469. The van der Waals surface area contributed by atoms with E-state index in [1.54, 1.807) is 0 Å². The molecule has 0 amide bonds. The van der Waals surface area contributed by atoms with Gasteiger partial charge in [0.1, 0.15) is 17.1 Å². The van der Waals surface area contributed by atoms with E-state index in [0.717, 1.165) is 0 Å². The van der Waals surface area contributed by atoms with Crippen LogP contribution in [0.1, 0.15) is 30.3 Å². The third-order valence-electron chi connectivity index (χ3n) is 2.23. The number of aromatic hydroxyl groups is 1. The molecule has 0 fully saturated rings. The maximum absolute atomic E-state index is 12.7. The van der Waals surface area contributed by atoms with Crippen molar-refractivity contribution in [3.05, 3.63) is 23.0 Å². The second-order valence-corrected chi connectivity index (χ2v) is 3.68. The Hall–Kier alpha value is -1.93. The van der Waals surface area contributed by atoms with E-state index >= 15 is 0 Å². The molecule has 0 bridgehead atoms. The van der Waals surface area contributed by atoms with E-state index in [1.165, 1.54) is 6.92 Å². The summed E-state index contributed by atoms with van der Waals surface area (Å²) in [6.07, 6.45) is -9.22. The molecule has 1 aromatic rings. The van der Waals surface area contributed by atoms with Crippen LogP contribution in [-0.4, -0.2) is 22.7 Å². The van der Waals surface area contributed by atoms with Crippen molar-refractivity contribution in [3.8, 4) is 5.75 Å². The quantitative estimate of drug-likeness (QED) is 0.686. The molecule has 9 heteroatoms. The Morgan fingerprint density at radius 2 is 2.05 bits per heavy atom. The molecule has 1 aromatic heterocycles. The largest absolute Gasteiger partial charge is 0.506 e. The van der Waals surface area contributed by atoms with Gasteiger partial charge in [-0.1, -0.05) is 0 Å². The summed E-state index contributed by atoms with van der Waals surface area (Å²) in [5.41, 5.74) is -3.75. The average molecular weight is 299 g/mol. The van der Waals surface area contributed by atoms with Crippen molar-refractivity contribution in [2.45, 2.75) is 25.9 Å². The van der Waals surface area contributed by atoms with Crippen molar-refractivity contribution in [1.29, 1.82) is 0 Å². The Balaban J connectivity index is 3.28. The number of nitrogens with zero attached hydrogens (tertiary/aromatic N) is 1. The van der Waals surface area contributed by atoms with Crippen molar-refractivity contribution >= 4 is 5.97 Å². The zero-order valence-corrected chi connectivity index (χ0v) is 10.2. The Bertz CT molecular complexity index is 502. The van der Waals surface area contributed by atoms with Gasteiger partial charge >= 0.3 is 12.1 Å². The number of hydrogen-bond donors (Lipinski definition) is 1. The fourth-order valence-electron chi connectivity index (χ4n) is 1.47. The van der Waals surface area contributed by atoms with Gasteiger partial charge in [-0.15, -0.1) is 0 Å². The van der Waals surface area contributed by atoms with Gasteiger partial charge in [-0.2, -0.15) is 13.2 Å². The van der Waals surface area contributed by atoms with Gasteiger partial charge in [0, 0.05) is 0 Å². The number of pyridine rings is 1. The number of aromatic nitrogens is 1. The number of ether oxygens (including phenoxy) is 1. The van der Waals surface area contributed by atoms with E-state index < -0.39 is 47.7 Å². The lowest BCUT2D eigenvalue weighted by Crippen LogP contribution is -2.17. The van der Waals surface area contributed by atoms with Gasteiger partial charge < -0.3 is 9.84 Å². The first-order valence-electron chi connectivity index (χ1n) is 5.40. The fraction of sp³-hybridized carbons (Fsp3) is 0.455. The van der Waals surface area contributed by atoms with Crippen LogP contribution in [0.4, 0.5) is 22.0 Å². The smallest absolute Gasteiger partial charge is 0.433 e. The van der Waals surface area contributed by atoms with Crippen LogP contribution in [0.5, 0.6) is 5.75 Å². The summed E-state index contributed by atoms with van der Waals surface area (Å²) in [5, 5.41) is 9.23. The summed E-state index contributed by atoms with van der Waals surface area (Å²) >= 11 is 0. The molecule has 0 radical (unpaired) electrons. The van der Waals surface area contributed by atoms with E-state index in [-0.39, 0.29) is 6.61 Å². The fourth-order valence-corrected chi connectivity index (χ4v) is 1.47. The zero-order chi connectivity index (χ0) is 15.5. The van der Waals surface area contributed by atoms with Crippen molar-refractivity contribution in [3.63, 3.8) is 0 Å². The summed E-state index contributed by atoms with van der Waals surface area (Å²) in [7, 11) is 0. The van der Waals surface area contributed by atoms with Gasteiger partial charge in [0.15, 0.2) is 0 Å². The molecule has 1 heterocycles. The first-order chi connectivity index (χ1) is 9.16. The van der Waals surface area contributed by atoms with Gasteiger partial charge in [0.25, 0.3) is 6.43 Å². The molecule has 112 valence electrons. The highest BCUT2D eigenvalue weighted by Crippen LogP contribution is 2.36. The van der Waals surface area contributed by atoms with Crippen LogP contribution < -0.4 is 0 Å². The Morgan fingerprint density at radius 1 is 1.45 bits per heavy atom. The highest BCUT2D eigenvalue weighted by atomic mass is 19.4. The molecule has 0 spiro atoms. The second kappa shape index (κ2) is 6.02. The number of carbonyl (C=O) groups is 1. The van der Waals surface area contributed by atoms with Gasteiger partial charge in [-0.3, -0.25) is 4.79 Å². The first-order valence-corrected chi connectivity index (χ1v) is 5.40. The standard InChI is InChI=1S/C11H10F5NO3/c1-2-20-7(19)4-5-3-6(18)8(10(12)13)17-9(5)11(14,15)16/h3,10,18H,2,4H2,1H3. The zero-order valence-electron chi connectivity index (χ0n) is 10.2. The predicted molar refractivity (Wildman–Crippen MR) is 56.2 cm³/mol. The lowest BCUT2D eigenvalue weighted by molar-refractivity contribution is -0.144. The van der Waals surface area contributed by atoms with Crippen LogP contribution in [0.15, 0.2) is 6.07 Å². The van der Waals surface area contributed by atoms with E-state index in [0.29, 0.717) is 6.07 Å². The predicted octanol–water partition coefficient (Wildman–Crippen LogP) is 2.85. The molecule has 0 saturated carbocycles. The number of esters is 1. The Kier molecular flexibility index (Phi) is 4.85. The van der Waals surface area contributed by atoms with Gasteiger partial charge in [-0.25, -0.2) is 13.8 Å². The molecule has 20 heavy (non-hydrogen) atoms. The van der Waals surface area contributed by atoms with Crippen LogP contribution in [0.2, 0.25) is 0 Å². The summed E-state index contributed by atoms with van der Waals surface area (Å²) in [6.45, 7) is 1.41. The van der Waals surface area contributed by atoms with Gasteiger partial charge in [0.2, 0.25) is 0 Å².